The maximum atomic E-state index is 12.3. The van der Waals surface area contributed by atoms with Gasteiger partial charge in [0, 0.05) is 12.8 Å². The number of carbonyl (C=O) groups is 2. The van der Waals surface area contributed by atoms with Gasteiger partial charge in [-0.15, -0.1) is 0 Å². The average molecular weight is 553 g/mol. The quantitative estimate of drug-likeness (QED) is 0.120. The van der Waals surface area contributed by atoms with Gasteiger partial charge in [-0.3, -0.25) is 9.59 Å². The Bertz CT molecular complexity index is 914. The number of esters is 2. The second-order valence-electron chi connectivity index (χ2n) is 10.9. The number of rotatable bonds is 21. The van der Waals surface area contributed by atoms with Crippen molar-refractivity contribution in [3.63, 3.8) is 0 Å². The number of nitrogens with zero attached hydrogens (tertiary/aromatic N) is 2. The Morgan fingerprint density at radius 1 is 0.600 bits per heavy atom. The predicted molar refractivity (Wildman–Crippen MR) is 164 cm³/mol. The monoisotopic (exact) mass is 552 g/mol. The van der Waals surface area contributed by atoms with Crippen molar-refractivity contribution in [1.29, 1.82) is 0 Å². The molecule has 0 saturated carbocycles. The molecule has 0 aliphatic heterocycles. The topological polar surface area (TPSA) is 59.1 Å². The van der Waals surface area contributed by atoms with E-state index in [4.69, 9.17) is 9.47 Å². The maximum Gasteiger partial charge on any atom is 0.306 e. The highest BCUT2D eigenvalue weighted by molar-refractivity contribution is 5.70. The summed E-state index contributed by atoms with van der Waals surface area (Å²) in [5.41, 5.74) is 4.00. The molecule has 0 fully saturated rings. The zero-order valence-corrected chi connectivity index (χ0v) is 25.5. The maximum absolute atomic E-state index is 12.3. The standard InChI is InChI=1S/C34H52N2O4/c1-5-7-9-21-35(3)23-13-19-33(37)39-27-29-15-11-17-31(25-29)32-18-12-16-30(26-32)28-40-34(38)20-14-24-36(4)22-10-8-6-2/h11-12,15-18,25-26H,5-10,13-14,19-24,27-28H2,1-4H3. The molecule has 6 heteroatoms. The lowest BCUT2D eigenvalue weighted by molar-refractivity contribution is -0.146. The van der Waals surface area contributed by atoms with Gasteiger partial charge in [0.15, 0.2) is 0 Å². The highest BCUT2D eigenvalue weighted by atomic mass is 16.5. The molecule has 0 aliphatic carbocycles. The summed E-state index contributed by atoms with van der Waals surface area (Å²) in [6, 6.07) is 16.1. The molecule has 0 amide bonds. The smallest absolute Gasteiger partial charge is 0.306 e. The molecule has 40 heavy (non-hydrogen) atoms. The van der Waals surface area contributed by atoms with E-state index in [1.54, 1.807) is 0 Å². The molecule has 6 nitrogen and oxygen atoms in total. The van der Waals surface area contributed by atoms with Crippen LogP contribution in [0.25, 0.3) is 11.1 Å². The normalized spacial score (nSPS) is 11.2. The van der Waals surface area contributed by atoms with E-state index in [0.29, 0.717) is 12.8 Å². The van der Waals surface area contributed by atoms with Crippen molar-refractivity contribution >= 4 is 11.9 Å². The summed E-state index contributed by atoms with van der Waals surface area (Å²) in [7, 11) is 4.23. The van der Waals surface area contributed by atoms with E-state index >= 15 is 0 Å². The SMILES string of the molecule is CCCCCN(C)CCCC(=O)OCc1cccc(-c2cccc(COC(=O)CCCN(C)CCCCC)c2)c1. The first-order valence-corrected chi connectivity index (χ1v) is 15.3. The molecule has 0 N–H and O–H groups in total. The number of ether oxygens (including phenoxy) is 2. The molecule has 0 atom stereocenters. The Kier molecular flexibility index (Phi) is 16.9. The van der Waals surface area contributed by atoms with Gasteiger partial charge >= 0.3 is 11.9 Å². The molecule has 0 spiro atoms. The Labute approximate surface area is 243 Å². The molecule has 0 aromatic heterocycles. The van der Waals surface area contributed by atoms with E-state index in [1.165, 1.54) is 38.5 Å². The molecule has 0 heterocycles. The number of hydrogen-bond acceptors (Lipinski definition) is 6. The molecule has 0 bridgehead atoms. The summed E-state index contributed by atoms with van der Waals surface area (Å²) in [6.45, 7) is 8.94. The molecule has 0 saturated heterocycles. The molecule has 2 aromatic carbocycles. The van der Waals surface area contributed by atoms with Crippen LogP contribution in [0.4, 0.5) is 0 Å². The number of unbranched alkanes of at least 4 members (excludes halogenated alkanes) is 4. The van der Waals surface area contributed by atoms with Gasteiger partial charge in [0.25, 0.3) is 0 Å². The van der Waals surface area contributed by atoms with Crippen LogP contribution >= 0.6 is 0 Å². The van der Waals surface area contributed by atoms with Crippen LogP contribution in [-0.2, 0) is 32.3 Å². The molecule has 222 valence electrons. The minimum Gasteiger partial charge on any atom is -0.461 e. The fraction of sp³-hybridized carbons (Fsp3) is 0.588. The fourth-order valence-electron chi connectivity index (χ4n) is 4.63. The van der Waals surface area contributed by atoms with Crippen LogP contribution in [0.1, 0.15) is 89.2 Å². The van der Waals surface area contributed by atoms with E-state index in [9.17, 15) is 9.59 Å². The van der Waals surface area contributed by atoms with E-state index in [-0.39, 0.29) is 25.2 Å². The summed E-state index contributed by atoms with van der Waals surface area (Å²) in [4.78, 5) is 29.1. The summed E-state index contributed by atoms with van der Waals surface area (Å²) in [6.07, 6.45) is 9.87. The first-order valence-electron chi connectivity index (χ1n) is 15.3. The van der Waals surface area contributed by atoms with Crippen LogP contribution in [0.3, 0.4) is 0 Å². The van der Waals surface area contributed by atoms with E-state index in [0.717, 1.165) is 61.3 Å². The van der Waals surface area contributed by atoms with Crippen molar-refractivity contribution in [2.45, 2.75) is 91.3 Å². The molecule has 2 aromatic rings. The van der Waals surface area contributed by atoms with Crippen LogP contribution in [-0.4, -0.2) is 62.0 Å². The first-order chi connectivity index (χ1) is 19.4. The highest BCUT2D eigenvalue weighted by Gasteiger charge is 2.09. The molecular weight excluding hydrogens is 500 g/mol. The molecule has 0 aliphatic rings. The van der Waals surface area contributed by atoms with Crippen LogP contribution in [0.15, 0.2) is 48.5 Å². The van der Waals surface area contributed by atoms with Crippen LogP contribution < -0.4 is 0 Å². The third-order valence-corrected chi connectivity index (χ3v) is 7.12. The number of hydrogen-bond donors (Lipinski definition) is 0. The predicted octanol–water partition coefficient (Wildman–Crippen LogP) is 7.24. The molecule has 2 rings (SSSR count). The van der Waals surface area contributed by atoms with E-state index in [1.807, 2.05) is 36.4 Å². The lowest BCUT2D eigenvalue weighted by Crippen LogP contribution is -2.21. The Morgan fingerprint density at radius 2 is 1.00 bits per heavy atom. The summed E-state index contributed by atoms with van der Waals surface area (Å²) >= 11 is 0. The second kappa shape index (κ2) is 20.2. The lowest BCUT2D eigenvalue weighted by Gasteiger charge is -2.16. The summed E-state index contributed by atoms with van der Waals surface area (Å²) in [5.74, 6) is -0.307. The minimum absolute atomic E-state index is 0.153. The lowest BCUT2D eigenvalue weighted by atomic mass is 10.0. The third-order valence-electron chi connectivity index (χ3n) is 7.12. The van der Waals surface area contributed by atoms with Crippen molar-refractivity contribution in [3.05, 3.63) is 59.7 Å². The minimum atomic E-state index is -0.153. The summed E-state index contributed by atoms with van der Waals surface area (Å²) < 4.78 is 11.1. The number of carbonyl (C=O) groups excluding carboxylic acids is 2. The van der Waals surface area contributed by atoms with Gasteiger partial charge in [-0.1, -0.05) is 75.9 Å². The van der Waals surface area contributed by atoms with Gasteiger partial charge < -0.3 is 19.3 Å². The molecule has 0 unspecified atom stereocenters. The zero-order chi connectivity index (χ0) is 29.0. The molecule has 0 radical (unpaired) electrons. The second-order valence-corrected chi connectivity index (χ2v) is 10.9. The zero-order valence-electron chi connectivity index (χ0n) is 25.5. The van der Waals surface area contributed by atoms with Crippen molar-refractivity contribution < 1.29 is 19.1 Å². The Morgan fingerprint density at radius 3 is 1.40 bits per heavy atom. The van der Waals surface area contributed by atoms with Crippen molar-refractivity contribution in [2.24, 2.45) is 0 Å². The molecular formula is C34H52N2O4. The third kappa shape index (κ3) is 14.6. The largest absolute Gasteiger partial charge is 0.461 e. The van der Waals surface area contributed by atoms with Crippen LogP contribution in [0.2, 0.25) is 0 Å². The van der Waals surface area contributed by atoms with Crippen molar-refractivity contribution in [1.82, 2.24) is 9.80 Å². The van der Waals surface area contributed by atoms with Crippen LogP contribution in [0.5, 0.6) is 0 Å². The summed E-state index contributed by atoms with van der Waals surface area (Å²) in [5, 5.41) is 0. The van der Waals surface area contributed by atoms with Gasteiger partial charge in [0.1, 0.15) is 13.2 Å². The van der Waals surface area contributed by atoms with Gasteiger partial charge in [-0.25, -0.2) is 0 Å². The Hall–Kier alpha value is -2.70. The van der Waals surface area contributed by atoms with E-state index in [2.05, 4.69) is 49.9 Å². The van der Waals surface area contributed by atoms with E-state index < -0.39 is 0 Å². The highest BCUT2D eigenvalue weighted by Crippen LogP contribution is 2.22. The van der Waals surface area contributed by atoms with Crippen molar-refractivity contribution in [3.8, 4) is 11.1 Å². The van der Waals surface area contributed by atoms with Gasteiger partial charge in [0.2, 0.25) is 0 Å². The van der Waals surface area contributed by atoms with Gasteiger partial charge in [-0.2, -0.15) is 0 Å². The van der Waals surface area contributed by atoms with Gasteiger partial charge in [-0.05, 0) is 100 Å². The van der Waals surface area contributed by atoms with Crippen LogP contribution in [0, 0.1) is 0 Å². The van der Waals surface area contributed by atoms with Gasteiger partial charge in [0.05, 0.1) is 0 Å². The number of benzene rings is 2. The fourth-order valence-corrected chi connectivity index (χ4v) is 4.63. The average Bonchev–Trinajstić information content (AvgIpc) is 2.95. The van der Waals surface area contributed by atoms with Crippen molar-refractivity contribution in [2.75, 3.05) is 40.3 Å². The first kappa shape index (κ1) is 33.5. The Balaban J connectivity index is 1.75.